The zero-order chi connectivity index (χ0) is 32.3. The van der Waals surface area contributed by atoms with Gasteiger partial charge in [-0.15, -0.1) is 22.7 Å². The second-order valence-corrected chi connectivity index (χ2v) is 14.7. The summed E-state index contributed by atoms with van der Waals surface area (Å²) in [7, 11) is 0. The summed E-state index contributed by atoms with van der Waals surface area (Å²) in [6.07, 6.45) is 0. The van der Waals surface area contributed by atoms with E-state index in [4.69, 9.17) is 0 Å². The molecule has 8 aromatic carbocycles. The molecule has 0 aliphatic heterocycles. The van der Waals surface area contributed by atoms with Crippen LogP contribution in [-0.4, -0.2) is 0 Å². The van der Waals surface area contributed by atoms with Gasteiger partial charge in [-0.2, -0.15) is 0 Å². The maximum Gasteiger partial charge on any atom is 0.0476 e. The van der Waals surface area contributed by atoms with E-state index in [9.17, 15) is 0 Å². The summed E-state index contributed by atoms with van der Waals surface area (Å²) < 4.78 is 5.24. The molecule has 10 rings (SSSR count). The fraction of sp³-hybridized carbons (Fsp3) is 0. The molecule has 2 heterocycles. The molecule has 0 radical (unpaired) electrons. The third-order valence-electron chi connectivity index (χ3n) is 9.67. The van der Waals surface area contributed by atoms with Crippen LogP contribution < -0.4 is 4.90 Å². The second-order valence-electron chi connectivity index (χ2n) is 12.5. The van der Waals surface area contributed by atoms with Gasteiger partial charge in [-0.25, -0.2) is 0 Å². The maximum absolute atomic E-state index is 2.41. The van der Waals surface area contributed by atoms with E-state index in [0.29, 0.717) is 0 Å². The molecule has 0 aliphatic rings. The van der Waals surface area contributed by atoms with E-state index in [1.54, 1.807) is 0 Å². The first kappa shape index (κ1) is 28.3. The van der Waals surface area contributed by atoms with Crippen molar-refractivity contribution in [2.24, 2.45) is 0 Å². The number of rotatable bonds is 5. The molecule has 0 saturated heterocycles. The number of thiophene rings is 2. The van der Waals surface area contributed by atoms with Crippen molar-refractivity contribution < 1.29 is 0 Å². The van der Waals surface area contributed by atoms with E-state index in [1.807, 2.05) is 22.7 Å². The normalized spacial score (nSPS) is 11.7. The largest absolute Gasteiger partial charge is 0.310 e. The molecule has 3 heteroatoms. The monoisotopic (exact) mass is 659 g/mol. The minimum atomic E-state index is 1.13. The number of nitrogens with zero attached hydrogens (tertiary/aromatic N) is 1. The van der Waals surface area contributed by atoms with Gasteiger partial charge in [0.25, 0.3) is 0 Å². The van der Waals surface area contributed by atoms with Crippen molar-refractivity contribution in [1.29, 1.82) is 0 Å². The molecule has 0 bridgehead atoms. The van der Waals surface area contributed by atoms with E-state index in [-0.39, 0.29) is 0 Å². The minimum Gasteiger partial charge on any atom is -0.310 e. The number of hydrogen-bond donors (Lipinski definition) is 0. The zero-order valence-electron chi connectivity index (χ0n) is 26.5. The van der Waals surface area contributed by atoms with Gasteiger partial charge < -0.3 is 4.90 Å². The molecule has 0 atom stereocenters. The molecule has 230 valence electrons. The maximum atomic E-state index is 2.41. The molecule has 49 heavy (non-hydrogen) atoms. The lowest BCUT2D eigenvalue weighted by Crippen LogP contribution is -2.09. The quantitative estimate of drug-likeness (QED) is 0.178. The standard InChI is InChI=1S/C46H29NS2/c1-2-9-30(10-3-1)33-18-17-31-11-8-14-37(42(31)27-33)32-19-21-34(22-20-32)47(35-23-25-40-38-12-4-6-15-43(38)48-45(40)28-35)36-24-26-41-39-13-5-7-16-44(39)49-46(41)29-36/h1-29H. The van der Waals surface area contributed by atoms with Crippen molar-refractivity contribution in [3.05, 3.63) is 176 Å². The Hall–Kier alpha value is -5.74. The number of hydrogen-bond acceptors (Lipinski definition) is 3. The van der Waals surface area contributed by atoms with Crippen LogP contribution in [0.3, 0.4) is 0 Å². The summed E-state index contributed by atoms with van der Waals surface area (Å²) in [5.74, 6) is 0. The number of fused-ring (bicyclic) bond motifs is 7. The molecule has 2 aromatic heterocycles. The molecular formula is C46H29NS2. The Morgan fingerprint density at radius 1 is 0.306 bits per heavy atom. The second kappa shape index (κ2) is 11.5. The van der Waals surface area contributed by atoms with E-state index in [0.717, 1.165) is 17.1 Å². The van der Waals surface area contributed by atoms with Crippen molar-refractivity contribution >= 4 is 90.9 Å². The molecule has 1 nitrogen and oxygen atoms in total. The van der Waals surface area contributed by atoms with Crippen LogP contribution in [0.1, 0.15) is 0 Å². The molecule has 0 N–H and O–H groups in total. The van der Waals surface area contributed by atoms with Crippen LogP contribution in [0, 0.1) is 0 Å². The Labute approximate surface area is 292 Å². The van der Waals surface area contributed by atoms with Gasteiger partial charge in [0.05, 0.1) is 0 Å². The molecule has 0 spiro atoms. The van der Waals surface area contributed by atoms with Gasteiger partial charge in [0.15, 0.2) is 0 Å². The number of anilines is 3. The van der Waals surface area contributed by atoms with Crippen molar-refractivity contribution in [3.63, 3.8) is 0 Å². The van der Waals surface area contributed by atoms with Crippen LogP contribution in [0.15, 0.2) is 176 Å². The molecule has 10 aromatic rings. The fourth-order valence-corrected chi connectivity index (χ4v) is 9.56. The van der Waals surface area contributed by atoms with Gasteiger partial charge in [0, 0.05) is 57.4 Å². The highest BCUT2D eigenvalue weighted by molar-refractivity contribution is 7.26. The third kappa shape index (κ3) is 4.82. The molecule has 0 unspecified atom stereocenters. The van der Waals surface area contributed by atoms with Gasteiger partial charge in [-0.3, -0.25) is 0 Å². The lowest BCUT2D eigenvalue weighted by atomic mass is 9.94. The summed E-state index contributed by atoms with van der Waals surface area (Å²) in [6.45, 7) is 0. The Balaban J connectivity index is 1.11. The zero-order valence-corrected chi connectivity index (χ0v) is 28.1. The van der Waals surface area contributed by atoms with Crippen molar-refractivity contribution in [2.75, 3.05) is 4.90 Å². The van der Waals surface area contributed by atoms with Crippen LogP contribution in [-0.2, 0) is 0 Å². The Morgan fingerprint density at radius 2 is 0.857 bits per heavy atom. The third-order valence-corrected chi connectivity index (χ3v) is 11.9. The van der Waals surface area contributed by atoms with E-state index < -0.39 is 0 Å². The van der Waals surface area contributed by atoms with Crippen molar-refractivity contribution in [1.82, 2.24) is 0 Å². The average molecular weight is 660 g/mol. The molecule has 0 amide bonds. The highest BCUT2D eigenvalue weighted by Crippen LogP contribution is 2.44. The first-order valence-corrected chi connectivity index (χ1v) is 18.2. The topological polar surface area (TPSA) is 3.24 Å². The Morgan fingerprint density at radius 3 is 1.51 bits per heavy atom. The highest BCUT2D eigenvalue weighted by atomic mass is 32.1. The van der Waals surface area contributed by atoms with Crippen molar-refractivity contribution in [2.45, 2.75) is 0 Å². The van der Waals surface area contributed by atoms with Crippen LogP contribution in [0.25, 0.3) is 73.4 Å². The van der Waals surface area contributed by atoms with Gasteiger partial charge in [-0.05, 0) is 87.6 Å². The van der Waals surface area contributed by atoms with Gasteiger partial charge in [0.2, 0.25) is 0 Å². The molecule has 0 fully saturated rings. The first-order chi connectivity index (χ1) is 24.3. The molecule has 0 saturated carbocycles. The van der Waals surface area contributed by atoms with Crippen molar-refractivity contribution in [3.8, 4) is 22.3 Å². The minimum absolute atomic E-state index is 1.13. The molecule has 0 aliphatic carbocycles. The van der Waals surface area contributed by atoms with Crippen LogP contribution in [0.4, 0.5) is 17.1 Å². The summed E-state index contributed by atoms with van der Waals surface area (Å²) in [6, 6.07) is 64.5. The Kier molecular flexibility index (Phi) is 6.61. The Bertz CT molecular complexity index is 2710. The fourth-order valence-electron chi connectivity index (χ4n) is 7.28. The predicted octanol–water partition coefficient (Wildman–Crippen LogP) is 14.4. The van der Waals surface area contributed by atoms with E-state index in [2.05, 4.69) is 181 Å². The summed E-state index contributed by atoms with van der Waals surface area (Å²) in [5.41, 5.74) is 8.36. The van der Waals surface area contributed by atoms with E-state index >= 15 is 0 Å². The van der Waals surface area contributed by atoms with Gasteiger partial charge in [0.1, 0.15) is 0 Å². The van der Waals surface area contributed by atoms with Crippen LogP contribution >= 0.6 is 22.7 Å². The summed E-state index contributed by atoms with van der Waals surface area (Å²) in [4.78, 5) is 2.41. The van der Waals surface area contributed by atoms with E-state index in [1.165, 1.54) is 73.4 Å². The lowest BCUT2D eigenvalue weighted by molar-refractivity contribution is 1.30. The lowest BCUT2D eigenvalue weighted by Gasteiger charge is -2.26. The average Bonchev–Trinajstić information content (AvgIpc) is 3.73. The highest BCUT2D eigenvalue weighted by Gasteiger charge is 2.17. The smallest absolute Gasteiger partial charge is 0.0476 e. The molecular weight excluding hydrogens is 631 g/mol. The van der Waals surface area contributed by atoms with Gasteiger partial charge in [-0.1, -0.05) is 121 Å². The van der Waals surface area contributed by atoms with Crippen LogP contribution in [0.2, 0.25) is 0 Å². The first-order valence-electron chi connectivity index (χ1n) is 16.6. The summed E-state index contributed by atoms with van der Waals surface area (Å²) >= 11 is 3.73. The summed E-state index contributed by atoms with van der Waals surface area (Å²) in [5, 5.41) is 7.77. The SMILES string of the molecule is c1ccc(-c2ccc3cccc(-c4ccc(N(c5ccc6c(c5)sc5ccccc56)c5ccc6c(c5)sc5ccccc56)cc4)c3c2)cc1. The van der Waals surface area contributed by atoms with Crippen LogP contribution in [0.5, 0.6) is 0 Å². The number of benzene rings is 8. The predicted molar refractivity (Wildman–Crippen MR) is 215 cm³/mol. The van der Waals surface area contributed by atoms with Gasteiger partial charge >= 0.3 is 0 Å².